The Morgan fingerprint density at radius 3 is 1.92 bits per heavy atom. The predicted octanol–water partition coefficient (Wildman–Crippen LogP) is 5.91. The normalized spacial score (nSPS) is 12.5. The first-order chi connectivity index (χ1) is 18.3. The number of rotatable bonds is 10. The van der Waals surface area contributed by atoms with E-state index in [2.05, 4.69) is 5.32 Å². The predicted molar refractivity (Wildman–Crippen MR) is 156 cm³/mol. The molecule has 0 aliphatic heterocycles. The maximum absolute atomic E-state index is 14.0. The van der Waals surface area contributed by atoms with Gasteiger partial charge < -0.3 is 10.2 Å². The van der Waals surface area contributed by atoms with E-state index in [0.29, 0.717) is 16.5 Å². The van der Waals surface area contributed by atoms with Crippen LogP contribution in [0.1, 0.15) is 39.7 Å². The molecule has 0 aliphatic carbocycles. The van der Waals surface area contributed by atoms with Gasteiger partial charge in [-0.05, 0) is 81.3 Å². The van der Waals surface area contributed by atoms with Crippen molar-refractivity contribution in [2.45, 2.75) is 57.1 Å². The minimum absolute atomic E-state index is 0.0366. The maximum Gasteiger partial charge on any atom is 0.264 e. The van der Waals surface area contributed by atoms with Crippen LogP contribution in [0.5, 0.6) is 0 Å². The van der Waals surface area contributed by atoms with E-state index in [1.165, 1.54) is 17.0 Å². The van der Waals surface area contributed by atoms with Crippen LogP contribution in [-0.4, -0.2) is 43.3 Å². The van der Waals surface area contributed by atoms with Crippen molar-refractivity contribution in [1.29, 1.82) is 0 Å². The van der Waals surface area contributed by atoms with Gasteiger partial charge in [-0.3, -0.25) is 13.9 Å². The Bertz CT molecular complexity index is 1370. The van der Waals surface area contributed by atoms with Gasteiger partial charge in [-0.2, -0.15) is 0 Å². The number of halogens is 2. The summed E-state index contributed by atoms with van der Waals surface area (Å²) in [6.07, 6.45) is 0.327. The minimum atomic E-state index is -4.13. The topological polar surface area (TPSA) is 86.8 Å². The third kappa shape index (κ3) is 8.21. The highest BCUT2D eigenvalue weighted by Crippen LogP contribution is 2.26. The summed E-state index contributed by atoms with van der Waals surface area (Å²) in [5.41, 5.74) is 0.500. The summed E-state index contributed by atoms with van der Waals surface area (Å²) in [6, 6.07) is 20.2. The number of nitrogens with one attached hydrogen (secondary N) is 1. The van der Waals surface area contributed by atoms with Crippen LogP contribution in [0.15, 0.2) is 83.8 Å². The van der Waals surface area contributed by atoms with Crippen LogP contribution < -0.4 is 9.62 Å². The summed E-state index contributed by atoms with van der Waals surface area (Å²) in [6.45, 7) is 6.96. The minimum Gasteiger partial charge on any atom is -0.350 e. The number of nitrogens with zero attached hydrogens (tertiary/aromatic N) is 2. The van der Waals surface area contributed by atoms with Gasteiger partial charge in [0, 0.05) is 22.1 Å². The van der Waals surface area contributed by atoms with Crippen molar-refractivity contribution in [1.82, 2.24) is 10.2 Å². The third-order valence-electron chi connectivity index (χ3n) is 5.87. The fourth-order valence-corrected chi connectivity index (χ4v) is 5.70. The largest absolute Gasteiger partial charge is 0.350 e. The third-order valence-corrected chi connectivity index (χ3v) is 8.17. The first-order valence-electron chi connectivity index (χ1n) is 12.5. The number of hydrogen-bond acceptors (Lipinski definition) is 4. The van der Waals surface area contributed by atoms with E-state index in [9.17, 15) is 18.0 Å². The fourth-order valence-electron chi connectivity index (χ4n) is 4.01. The highest BCUT2D eigenvalue weighted by Gasteiger charge is 2.34. The number of carbonyl (C=O) groups excluding carboxylic acids is 2. The Kier molecular flexibility index (Phi) is 10.0. The van der Waals surface area contributed by atoms with E-state index < -0.39 is 34.1 Å². The summed E-state index contributed by atoms with van der Waals surface area (Å²) in [5, 5.41) is 3.91. The lowest BCUT2D eigenvalue weighted by Gasteiger charge is -2.34. The van der Waals surface area contributed by atoms with E-state index in [-0.39, 0.29) is 23.0 Å². The number of carbonyl (C=O) groups is 2. The van der Waals surface area contributed by atoms with Gasteiger partial charge in [-0.15, -0.1) is 0 Å². The van der Waals surface area contributed by atoms with Crippen molar-refractivity contribution in [3.8, 4) is 0 Å². The van der Waals surface area contributed by atoms with Crippen molar-refractivity contribution in [2.24, 2.45) is 0 Å². The molecule has 3 aromatic rings. The number of anilines is 1. The van der Waals surface area contributed by atoms with Crippen LogP contribution >= 0.6 is 23.2 Å². The van der Waals surface area contributed by atoms with Gasteiger partial charge in [-0.1, -0.05) is 60.5 Å². The second-order valence-corrected chi connectivity index (χ2v) is 12.8. The van der Waals surface area contributed by atoms with Gasteiger partial charge in [-0.25, -0.2) is 8.42 Å². The molecule has 10 heteroatoms. The van der Waals surface area contributed by atoms with E-state index in [1.54, 1.807) is 66.7 Å². The Balaban J connectivity index is 2.05. The Hall–Kier alpha value is -3.07. The molecular weight excluding hydrogens is 557 g/mol. The van der Waals surface area contributed by atoms with Crippen molar-refractivity contribution >= 4 is 50.7 Å². The number of hydrogen-bond donors (Lipinski definition) is 1. The van der Waals surface area contributed by atoms with E-state index in [4.69, 9.17) is 23.2 Å². The molecule has 3 rings (SSSR count). The van der Waals surface area contributed by atoms with E-state index in [1.807, 2.05) is 27.7 Å². The number of sulfonamides is 1. The molecule has 1 N–H and O–H groups in total. The lowest BCUT2D eigenvalue weighted by Crippen LogP contribution is -2.55. The van der Waals surface area contributed by atoms with Crippen LogP contribution in [0, 0.1) is 0 Å². The van der Waals surface area contributed by atoms with Crippen LogP contribution in [-0.2, 0) is 26.2 Å². The molecule has 0 saturated heterocycles. The Labute approximate surface area is 240 Å². The van der Waals surface area contributed by atoms with Crippen molar-refractivity contribution in [2.75, 3.05) is 10.8 Å². The average molecular weight is 591 g/mol. The highest BCUT2D eigenvalue weighted by molar-refractivity contribution is 7.92. The van der Waals surface area contributed by atoms with Crippen molar-refractivity contribution < 1.29 is 18.0 Å². The zero-order chi connectivity index (χ0) is 28.8. The lowest BCUT2D eigenvalue weighted by molar-refractivity contribution is -0.141. The van der Waals surface area contributed by atoms with Gasteiger partial charge in [0.25, 0.3) is 10.0 Å². The fraction of sp³-hybridized carbons (Fsp3) is 0.310. The molecule has 0 radical (unpaired) electrons. The number of benzene rings is 3. The molecule has 0 spiro atoms. The van der Waals surface area contributed by atoms with Crippen LogP contribution in [0.25, 0.3) is 0 Å². The summed E-state index contributed by atoms with van der Waals surface area (Å²) in [5.74, 6) is -0.855. The molecule has 0 aliphatic rings. The average Bonchev–Trinajstić information content (AvgIpc) is 2.88. The first kappa shape index (κ1) is 30.5. The molecule has 7 nitrogen and oxygen atoms in total. The van der Waals surface area contributed by atoms with Gasteiger partial charge in [0.2, 0.25) is 11.8 Å². The van der Waals surface area contributed by atoms with E-state index >= 15 is 0 Å². The Morgan fingerprint density at radius 1 is 0.872 bits per heavy atom. The van der Waals surface area contributed by atoms with Crippen LogP contribution in [0.2, 0.25) is 10.0 Å². The van der Waals surface area contributed by atoms with Gasteiger partial charge in [0.15, 0.2) is 0 Å². The number of amides is 2. The van der Waals surface area contributed by atoms with E-state index in [0.717, 1.165) is 9.87 Å². The molecule has 0 saturated carbocycles. The Morgan fingerprint density at radius 2 is 1.41 bits per heavy atom. The van der Waals surface area contributed by atoms with Crippen molar-refractivity contribution in [3.63, 3.8) is 0 Å². The maximum atomic E-state index is 14.0. The molecule has 3 aromatic carbocycles. The molecule has 2 amide bonds. The summed E-state index contributed by atoms with van der Waals surface area (Å²) in [7, 11) is -4.13. The zero-order valence-corrected chi connectivity index (χ0v) is 24.7. The van der Waals surface area contributed by atoms with Crippen LogP contribution in [0.3, 0.4) is 0 Å². The smallest absolute Gasteiger partial charge is 0.264 e. The van der Waals surface area contributed by atoms with Gasteiger partial charge in [0.1, 0.15) is 12.6 Å². The summed E-state index contributed by atoms with van der Waals surface area (Å²) < 4.78 is 28.6. The molecule has 39 heavy (non-hydrogen) atoms. The highest BCUT2D eigenvalue weighted by atomic mass is 35.5. The van der Waals surface area contributed by atoms with Crippen LogP contribution in [0.4, 0.5) is 5.69 Å². The molecule has 0 bridgehead atoms. The van der Waals surface area contributed by atoms with Gasteiger partial charge in [0.05, 0.1) is 10.6 Å². The molecular formula is C29H33Cl2N3O4S. The molecule has 0 aromatic heterocycles. The summed E-state index contributed by atoms with van der Waals surface area (Å²) in [4.78, 5) is 28.8. The SMILES string of the molecule is CCC(C(=O)NC(C)(C)C)N(Cc1ccc(Cl)cc1)C(=O)CN(c1ccc(Cl)cc1)S(=O)(=O)c1ccccc1. The quantitative estimate of drug-likeness (QED) is 0.318. The first-order valence-corrected chi connectivity index (χ1v) is 14.7. The zero-order valence-electron chi connectivity index (χ0n) is 22.4. The molecule has 0 fully saturated rings. The molecule has 1 atom stereocenters. The molecule has 208 valence electrons. The van der Waals surface area contributed by atoms with Crippen molar-refractivity contribution in [3.05, 3.63) is 94.5 Å². The second kappa shape index (κ2) is 12.9. The standard InChI is InChI=1S/C29H33Cl2N3O4S/c1-5-26(28(36)32-29(2,3)4)33(19-21-11-13-22(30)14-12-21)27(35)20-34(24-17-15-23(31)16-18-24)39(37,38)25-9-7-6-8-10-25/h6-18,26H,5,19-20H2,1-4H3,(H,32,36). The lowest BCUT2D eigenvalue weighted by atomic mass is 10.1. The second-order valence-electron chi connectivity index (χ2n) is 10.1. The monoisotopic (exact) mass is 589 g/mol. The summed E-state index contributed by atoms with van der Waals surface area (Å²) >= 11 is 12.1. The molecule has 1 unspecified atom stereocenters. The molecule has 0 heterocycles. The van der Waals surface area contributed by atoms with Gasteiger partial charge >= 0.3 is 0 Å².